The first-order chi connectivity index (χ1) is 15.7. The number of nitrogens with one attached hydrogen (secondary N) is 1. The molecule has 2 aromatic heterocycles. The van der Waals surface area contributed by atoms with Gasteiger partial charge in [0.25, 0.3) is 0 Å². The van der Waals surface area contributed by atoms with E-state index in [9.17, 15) is 22.4 Å². The van der Waals surface area contributed by atoms with Crippen molar-refractivity contribution in [2.45, 2.75) is 19.1 Å². The molecule has 1 aliphatic rings. The Hall–Kier alpha value is -3.53. The number of halogens is 4. The summed E-state index contributed by atoms with van der Waals surface area (Å²) in [5.41, 5.74) is 3.60. The third-order valence-corrected chi connectivity index (χ3v) is 5.32. The number of hydrogen-bond donors (Lipinski definition) is 1. The predicted molar refractivity (Wildman–Crippen MR) is 116 cm³/mol. The first-order valence-electron chi connectivity index (χ1n) is 10.2. The Kier molecular flexibility index (Phi) is 6.28. The number of pyridine rings is 1. The molecule has 0 bridgehead atoms. The minimum Gasteiger partial charge on any atom is -0.320 e. The van der Waals surface area contributed by atoms with E-state index in [0.717, 1.165) is 16.7 Å². The Bertz CT molecular complexity index is 1200. The van der Waals surface area contributed by atoms with Crippen LogP contribution in [0.15, 0.2) is 49.1 Å². The zero-order chi connectivity index (χ0) is 23.6. The number of anilines is 1. The number of alkyl halides is 3. The second-order valence-electron chi connectivity index (χ2n) is 7.86. The Labute approximate surface area is 187 Å². The monoisotopic (exact) mass is 459 g/mol. The van der Waals surface area contributed by atoms with E-state index < -0.39 is 24.4 Å². The van der Waals surface area contributed by atoms with Gasteiger partial charge in [0.05, 0.1) is 18.4 Å². The second kappa shape index (κ2) is 9.14. The number of rotatable bonds is 5. The van der Waals surface area contributed by atoms with Crippen molar-refractivity contribution in [3.05, 3.63) is 71.6 Å². The standard InChI is InChI=1S/C23H21F4N5O/c1-31-12-18(11-29-31)19-4-6-28-10-16(19)2-3-22(33)30-21-9-15-5-7-32(14-23(25,26)27)13-17(15)8-20(21)24/h2-4,6,8-12H,5,7,13-14H2,1H3,(H,30,33)/b3-2+. The second-order valence-corrected chi connectivity index (χ2v) is 7.86. The summed E-state index contributed by atoms with van der Waals surface area (Å²) >= 11 is 0. The van der Waals surface area contributed by atoms with Gasteiger partial charge in [0.1, 0.15) is 5.82 Å². The zero-order valence-corrected chi connectivity index (χ0v) is 17.7. The third kappa shape index (κ3) is 5.64. The van der Waals surface area contributed by atoms with E-state index in [0.29, 0.717) is 17.5 Å². The molecule has 1 amide bonds. The van der Waals surface area contributed by atoms with Crippen molar-refractivity contribution in [1.82, 2.24) is 19.7 Å². The van der Waals surface area contributed by atoms with E-state index in [4.69, 9.17) is 0 Å². The van der Waals surface area contributed by atoms with Gasteiger partial charge in [-0.15, -0.1) is 0 Å². The quantitative estimate of drug-likeness (QED) is 0.459. The largest absolute Gasteiger partial charge is 0.401 e. The maximum Gasteiger partial charge on any atom is 0.401 e. The number of nitrogens with zero attached hydrogens (tertiary/aromatic N) is 4. The molecule has 0 saturated carbocycles. The van der Waals surface area contributed by atoms with Crippen LogP contribution in [0.1, 0.15) is 16.7 Å². The average molecular weight is 459 g/mol. The molecule has 0 unspecified atom stereocenters. The lowest BCUT2D eigenvalue weighted by atomic mass is 9.98. The Morgan fingerprint density at radius 2 is 2.06 bits per heavy atom. The van der Waals surface area contributed by atoms with Gasteiger partial charge in [0.2, 0.25) is 5.91 Å². The highest BCUT2D eigenvalue weighted by Gasteiger charge is 2.32. The molecule has 3 aromatic rings. The lowest BCUT2D eigenvalue weighted by Crippen LogP contribution is -2.38. The van der Waals surface area contributed by atoms with E-state index in [-0.39, 0.29) is 18.8 Å². The van der Waals surface area contributed by atoms with Crippen LogP contribution in [0.3, 0.4) is 0 Å². The van der Waals surface area contributed by atoms with Crippen LogP contribution in [0, 0.1) is 5.82 Å². The molecule has 6 nitrogen and oxygen atoms in total. The van der Waals surface area contributed by atoms with Crippen LogP contribution < -0.4 is 5.32 Å². The molecular weight excluding hydrogens is 438 g/mol. The maximum atomic E-state index is 14.6. The molecule has 0 radical (unpaired) electrons. The summed E-state index contributed by atoms with van der Waals surface area (Å²) in [5, 5.41) is 6.66. The number of benzene rings is 1. The highest BCUT2D eigenvalue weighted by atomic mass is 19.4. The molecule has 0 spiro atoms. The molecule has 3 heterocycles. The van der Waals surface area contributed by atoms with Crippen molar-refractivity contribution in [2.75, 3.05) is 18.4 Å². The summed E-state index contributed by atoms with van der Waals surface area (Å²) in [7, 11) is 1.80. The van der Waals surface area contributed by atoms with Crippen LogP contribution in [0.5, 0.6) is 0 Å². The maximum absolute atomic E-state index is 14.6. The van der Waals surface area contributed by atoms with Gasteiger partial charge < -0.3 is 5.32 Å². The lowest BCUT2D eigenvalue weighted by molar-refractivity contribution is -0.147. The fraction of sp³-hybridized carbons (Fsp3) is 0.261. The van der Waals surface area contributed by atoms with Crippen molar-refractivity contribution in [3.8, 4) is 11.1 Å². The highest BCUT2D eigenvalue weighted by Crippen LogP contribution is 2.28. The van der Waals surface area contributed by atoms with Crippen LogP contribution in [-0.2, 0) is 24.8 Å². The van der Waals surface area contributed by atoms with E-state index in [2.05, 4.69) is 15.4 Å². The summed E-state index contributed by atoms with van der Waals surface area (Å²) in [6.07, 6.45) is 5.68. The zero-order valence-electron chi connectivity index (χ0n) is 17.7. The lowest BCUT2D eigenvalue weighted by Gasteiger charge is -2.29. The van der Waals surface area contributed by atoms with Crippen molar-refractivity contribution < 1.29 is 22.4 Å². The van der Waals surface area contributed by atoms with Gasteiger partial charge in [0, 0.05) is 55.9 Å². The first kappa shape index (κ1) is 22.7. The van der Waals surface area contributed by atoms with Gasteiger partial charge in [-0.25, -0.2) is 4.39 Å². The summed E-state index contributed by atoms with van der Waals surface area (Å²) in [6, 6.07) is 4.49. The number of aromatic nitrogens is 3. The molecule has 1 aromatic carbocycles. The fourth-order valence-electron chi connectivity index (χ4n) is 3.82. The van der Waals surface area contributed by atoms with E-state index >= 15 is 0 Å². The van der Waals surface area contributed by atoms with Crippen LogP contribution >= 0.6 is 0 Å². The molecule has 1 aliphatic heterocycles. The molecule has 0 fully saturated rings. The Balaban J connectivity index is 1.47. The van der Waals surface area contributed by atoms with Gasteiger partial charge in [-0.3, -0.25) is 19.4 Å². The molecular formula is C23H21F4N5O. The number of amides is 1. The van der Waals surface area contributed by atoms with Crippen molar-refractivity contribution in [1.29, 1.82) is 0 Å². The SMILES string of the molecule is Cn1cc(-c2ccncc2/C=C/C(=O)Nc2cc3c(cc2F)CN(CC(F)(F)F)CC3)cn1. The normalized spacial score (nSPS) is 14.5. The molecule has 0 atom stereocenters. The van der Waals surface area contributed by atoms with Gasteiger partial charge >= 0.3 is 6.18 Å². The summed E-state index contributed by atoms with van der Waals surface area (Å²) in [4.78, 5) is 17.8. The topological polar surface area (TPSA) is 63.1 Å². The van der Waals surface area contributed by atoms with Crippen LogP contribution in [0.4, 0.5) is 23.2 Å². The summed E-state index contributed by atoms with van der Waals surface area (Å²) in [6.45, 7) is -0.811. The highest BCUT2D eigenvalue weighted by molar-refractivity contribution is 6.02. The minimum absolute atomic E-state index is 0.00802. The van der Waals surface area contributed by atoms with Gasteiger partial charge in [-0.2, -0.15) is 18.3 Å². The van der Waals surface area contributed by atoms with Crippen molar-refractivity contribution in [2.24, 2.45) is 7.05 Å². The van der Waals surface area contributed by atoms with E-state index in [1.165, 1.54) is 23.1 Å². The molecule has 0 saturated heterocycles. The molecule has 10 heteroatoms. The van der Waals surface area contributed by atoms with Crippen LogP contribution in [0.2, 0.25) is 0 Å². The fourth-order valence-corrected chi connectivity index (χ4v) is 3.82. The number of aryl methyl sites for hydroxylation is 1. The molecule has 33 heavy (non-hydrogen) atoms. The number of fused-ring (bicyclic) bond motifs is 1. The third-order valence-electron chi connectivity index (χ3n) is 5.32. The van der Waals surface area contributed by atoms with Gasteiger partial charge in [-0.1, -0.05) is 0 Å². The number of carbonyl (C=O) groups is 1. The van der Waals surface area contributed by atoms with Crippen molar-refractivity contribution in [3.63, 3.8) is 0 Å². The summed E-state index contributed by atoms with van der Waals surface area (Å²) in [5.74, 6) is -1.23. The number of hydrogen-bond acceptors (Lipinski definition) is 4. The van der Waals surface area contributed by atoms with Crippen LogP contribution in [-0.4, -0.2) is 44.8 Å². The molecule has 4 rings (SSSR count). The number of carbonyl (C=O) groups excluding carboxylic acids is 1. The van der Waals surface area contributed by atoms with Gasteiger partial charge in [0.15, 0.2) is 0 Å². The van der Waals surface area contributed by atoms with E-state index in [1.807, 2.05) is 6.20 Å². The Morgan fingerprint density at radius 1 is 1.24 bits per heavy atom. The predicted octanol–water partition coefficient (Wildman–Crippen LogP) is 4.19. The van der Waals surface area contributed by atoms with Gasteiger partial charge in [-0.05, 0) is 47.4 Å². The molecule has 1 N–H and O–H groups in total. The Morgan fingerprint density at radius 3 is 2.79 bits per heavy atom. The smallest absolute Gasteiger partial charge is 0.320 e. The first-order valence-corrected chi connectivity index (χ1v) is 10.2. The van der Waals surface area contributed by atoms with Crippen molar-refractivity contribution >= 4 is 17.7 Å². The molecule has 0 aliphatic carbocycles. The summed E-state index contributed by atoms with van der Waals surface area (Å²) < 4.78 is 54.1. The van der Waals surface area contributed by atoms with Crippen LogP contribution in [0.25, 0.3) is 17.2 Å². The molecule has 172 valence electrons. The minimum atomic E-state index is -4.30. The average Bonchev–Trinajstić information content (AvgIpc) is 3.18. The van der Waals surface area contributed by atoms with E-state index in [1.54, 1.807) is 42.5 Å².